The largest absolute Gasteiger partial charge is 0.467 e. The SMILES string of the molecule is C#CCN1CCOC(C(=O)OC)C1. The first kappa shape index (κ1) is 10.0. The summed E-state index contributed by atoms with van der Waals surface area (Å²) in [6.45, 7) is 2.38. The standard InChI is InChI=1S/C9H13NO3/c1-3-4-10-5-6-13-8(7-10)9(11)12-2/h1,8H,4-7H2,2H3. The molecule has 1 heterocycles. The molecule has 4 nitrogen and oxygen atoms in total. The van der Waals surface area contributed by atoms with Crippen molar-refractivity contribution in [3.05, 3.63) is 0 Å². The number of nitrogens with zero attached hydrogens (tertiary/aromatic N) is 1. The fourth-order valence-electron chi connectivity index (χ4n) is 1.25. The van der Waals surface area contributed by atoms with Gasteiger partial charge in [0.25, 0.3) is 0 Å². The first-order valence-electron chi connectivity index (χ1n) is 4.13. The van der Waals surface area contributed by atoms with Gasteiger partial charge in [0.05, 0.1) is 20.3 Å². The van der Waals surface area contributed by atoms with E-state index in [4.69, 9.17) is 11.2 Å². The number of hydrogen-bond acceptors (Lipinski definition) is 4. The van der Waals surface area contributed by atoms with Crippen LogP contribution in [-0.4, -0.2) is 50.3 Å². The normalized spacial score (nSPS) is 23.5. The Morgan fingerprint density at radius 2 is 2.62 bits per heavy atom. The second-order valence-electron chi connectivity index (χ2n) is 2.82. The van der Waals surface area contributed by atoms with Crippen LogP contribution in [-0.2, 0) is 14.3 Å². The second-order valence-corrected chi connectivity index (χ2v) is 2.82. The van der Waals surface area contributed by atoms with E-state index >= 15 is 0 Å². The Balaban J connectivity index is 2.42. The molecule has 1 aliphatic heterocycles. The zero-order valence-electron chi connectivity index (χ0n) is 7.66. The molecule has 1 fully saturated rings. The molecule has 1 unspecified atom stereocenters. The van der Waals surface area contributed by atoms with E-state index in [1.165, 1.54) is 7.11 Å². The lowest BCUT2D eigenvalue weighted by Crippen LogP contribution is -2.46. The minimum absolute atomic E-state index is 0.332. The van der Waals surface area contributed by atoms with E-state index in [1.54, 1.807) is 0 Å². The summed E-state index contributed by atoms with van der Waals surface area (Å²) in [5.41, 5.74) is 0. The molecule has 0 amide bonds. The van der Waals surface area contributed by atoms with Crippen LogP contribution in [0.4, 0.5) is 0 Å². The van der Waals surface area contributed by atoms with Crippen molar-refractivity contribution in [2.24, 2.45) is 0 Å². The van der Waals surface area contributed by atoms with E-state index < -0.39 is 6.10 Å². The van der Waals surface area contributed by atoms with Gasteiger partial charge >= 0.3 is 5.97 Å². The summed E-state index contributed by atoms with van der Waals surface area (Å²) >= 11 is 0. The van der Waals surface area contributed by atoms with Crippen LogP contribution in [0, 0.1) is 12.3 Å². The van der Waals surface area contributed by atoms with Crippen molar-refractivity contribution in [3.63, 3.8) is 0 Å². The molecule has 0 spiro atoms. The van der Waals surface area contributed by atoms with E-state index in [0.29, 0.717) is 19.7 Å². The number of carbonyl (C=O) groups is 1. The van der Waals surface area contributed by atoms with Gasteiger partial charge in [-0.3, -0.25) is 4.90 Å². The molecule has 0 radical (unpaired) electrons. The molecule has 0 aromatic heterocycles. The predicted molar refractivity (Wildman–Crippen MR) is 47.0 cm³/mol. The maximum absolute atomic E-state index is 11.1. The van der Waals surface area contributed by atoms with Crippen molar-refractivity contribution in [1.82, 2.24) is 4.90 Å². The Morgan fingerprint density at radius 3 is 3.23 bits per heavy atom. The van der Waals surface area contributed by atoms with Crippen molar-refractivity contribution in [1.29, 1.82) is 0 Å². The molecule has 1 saturated heterocycles. The summed E-state index contributed by atoms with van der Waals surface area (Å²) in [6.07, 6.45) is 4.69. The number of morpholine rings is 1. The van der Waals surface area contributed by atoms with Crippen molar-refractivity contribution in [2.75, 3.05) is 33.4 Å². The van der Waals surface area contributed by atoms with E-state index in [1.807, 2.05) is 4.90 Å². The molecular formula is C9H13NO3. The molecule has 0 N–H and O–H groups in total. The summed E-state index contributed by atoms with van der Waals surface area (Å²) in [6, 6.07) is 0. The molecule has 0 saturated carbocycles. The molecule has 0 aromatic rings. The predicted octanol–water partition coefficient (Wildman–Crippen LogP) is -0.507. The van der Waals surface area contributed by atoms with Crippen LogP contribution in [0.3, 0.4) is 0 Å². The van der Waals surface area contributed by atoms with Gasteiger partial charge in [-0.2, -0.15) is 0 Å². The first-order chi connectivity index (χ1) is 6.27. The molecule has 0 bridgehead atoms. The Bertz CT molecular complexity index is 221. The summed E-state index contributed by atoms with van der Waals surface area (Å²) in [7, 11) is 1.35. The Morgan fingerprint density at radius 1 is 1.85 bits per heavy atom. The lowest BCUT2D eigenvalue weighted by atomic mass is 10.3. The summed E-state index contributed by atoms with van der Waals surface area (Å²) in [5.74, 6) is 2.20. The van der Waals surface area contributed by atoms with Gasteiger partial charge in [0.15, 0.2) is 6.10 Å². The zero-order chi connectivity index (χ0) is 9.68. The summed E-state index contributed by atoms with van der Waals surface area (Å²) in [4.78, 5) is 13.1. The van der Waals surface area contributed by atoms with Crippen LogP contribution in [0.15, 0.2) is 0 Å². The highest BCUT2D eigenvalue weighted by molar-refractivity contribution is 5.74. The van der Waals surface area contributed by atoms with E-state index in [9.17, 15) is 4.79 Å². The topological polar surface area (TPSA) is 38.8 Å². The molecular weight excluding hydrogens is 170 g/mol. The molecule has 1 aliphatic rings. The van der Waals surface area contributed by atoms with E-state index in [-0.39, 0.29) is 5.97 Å². The number of carbonyl (C=O) groups excluding carboxylic acids is 1. The highest BCUT2D eigenvalue weighted by Gasteiger charge is 2.26. The van der Waals surface area contributed by atoms with Gasteiger partial charge in [-0.25, -0.2) is 4.79 Å². The number of esters is 1. The Hall–Kier alpha value is -1.05. The van der Waals surface area contributed by atoms with Crippen LogP contribution < -0.4 is 0 Å². The Labute approximate surface area is 77.8 Å². The third kappa shape index (κ3) is 2.72. The number of rotatable bonds is 2. The minimum atomic E-state index is -0.480. The third-order valence-corrected chi connectivity index (χ3v) is 1.93. The fourth-order valence-corrected chi connectivity index (χ4v) is 1.25. The molecule has 1 rings (SSSR count). The maximum atomic E-state index is 11.1. The van der Waals surface area contributed by atoms with Crippen LogP contribution in [0.25, 0.3) is 0 Å². The van der Waals surface area contributed by atoms with Gasteiger partial charge < -0.3 is 9.47 Å². The highest BCUT2D eigenvalue weighted by Crippen LogP contribution is 2.05. The van der Waals surface area contributed by atoms with Gasteiger partial charge in [0.1, 0.15) is 0 Å². The zero-order valence-corrected chi connectivity index (χ0v) is 7.66. The monoisotopic (exact) mass is 183 g/mol. The van der Waals surface area contributed by atoms with Gasteiger partial charge in [0, 0.05) is 13.1 Å². The number of hydrogen-bond donors (Lipinski definition) is 0. The maximum Gasteiger partial charge on any atom is 0.336 e. The summed E-state index contributed by atoms with van der Waals surface area (Å²) in [5, 5.41) is 0. The molecule has 4 heteroatoms. The van der Waals surface area contributed by atoms with E-state index in [2.05, 4.69) is 10.7 Å². The summed E-state index contributed by atoms with van der Waals surface area (Å²) < 4.78 is 9.80. The van der Waals surface area contributed by atoms with Gasteiger partial charge in [-0.15, -0.1) is 6.42 Å². The van der Waals surface area contributed by atoms with Gasteiger partial charge in [0.2, 0.25) is 0 Å². The lowest BCUT2D eigenvalue weighted by molar-refractivity contribution is -0.159. The van der Waals surface area contributed by atoms with E-state index in [0.717, 1.165) is 6.54 Å². The molecule has 0 aromatic carbocycles. The van der Waals surface area contributed by atoms with Crippen LogP contribution in [0.5, 0.6) is 0 Å². The number of ether oxygens (including phenoxy) is 2. The van der Waals surface area contributed by atoms with Crippen molar-refractivity contribution < 1.29 is 14.3 Å². The van der Waals surface area contributed by atoms with Crippen LogP contribution in [0.2, 0.25) is 0 Å². The average Bonchev–Trinajstić information content (AvgIpc) is 2.18. The van der Waals surface area contributed by atoms with Crippen LogP contribution in [0.1, 0.15) is 0 Å². The average molecular weight is 183 g/mol. The minimum Gasteiger partial charge on any atom is -0.467 e. The smallest absolute Gasteiger partial charge is 0.336 e. The van der Waals surface area contributed by atoms with Gasteiger partial charge in [-0.05, 0) is 0 Å². The van der Waals surface area contributed by atoms with Crippen molar-refractivity contribution >= 4 is 5.97 Å². The van der Waals surface area contributed by atoms with Gasteiger partial charge in [-0.1, -0.05) is 5.92 Å². The lowest BCUT2D eigenvalue weighted by Gasteiger charge is -2.29. The Kier molecular flexibility index (Phi) is 3.74. The second kappa shape index (κ2) is 4.85. The van der Waals surface area contributed by atoms with Crippen molar-refractivity contribution in [3.8, 4) is 12.3 Å². The molecule has 0 aliphatic carbocycles. The molecule has 72 valence electrons. The number of methoxy groups -OCH3 is 1. The number of terminal acetylenes is 1. The van der Waals surface area contributed by atoms with Crippen LogP contribution >= 0.6 is 0 Å². The van der Waals surface area contributed by atoms with Crippen molar-refractivity contribution in [2.45, 2.75) is 6.10 Å². The fraction of sp³-hybridized carbons (Fsp3) is 0.667. The molecule has 1 atom stereocenters. The molecule has 13 heavy (non-hydrogen) atoms. The quantitative estimate of drug-likeness (QED) is 0.427. The highest BCUT2D eigenvalue weighted by atomic mass is 16.6. The first-order valence-corrected chi connectivity index (χ1v) is 4.13. The third-order valence-electron chi connectivity index (χ3n) is 1.93.